The van der Waals surface area contributed by atoms with Gasteiger partial charge in [-0.3, -0.25) is 0 Å². The molecule has 0 spiro atoms. The SMILES string of the molecule is C=C=C(C)c1cccc2ccccc12. The van der Waals surface area contributed by atoms with E-state index >= 15 is 0 Å². The highest BCUT2D eigenvalue weighted by atomic mass is 14.0. The number of hydrogen-bond donors (Lipinski definition) is 0. The van der Waals surface area contributed by atoms with Gasteiger partial charge in [0, 0.05) is 0 Å². The van der Waals surface area contributed by atoms with E-state index < -0.39 is 0 Å². The van der Waals surface area contributed by atoms with Crippen LogP contribution in [0.4, 0.5) is 0 Å². The number of rotatable bonds is 1. The van der Waals surface area contributed by atoms with Gasteiger partial charge in [0.05, 0.1) is 0 Å². The minimum absolute atomic E-state index is 1.10. The maximum Gasteiger partial charge on any atom is -0.00190 e. The third-order valence-electron chi connectivity index (χ3n) is 2.46. The summed E-state index contributed by atoms with van der Waals surface area (Å²) in [6.07, 6.45) is 0. The molecule has 0 saturated heterocycles. The lowest BCUT2D eigenvalue weighted by atomic mass is 10.00. The molecule has 0 unspecified atom stereocenters. The van der Waals surface area contributed by atoms with Crippen LogP contribution in [0.1, 0.15) is 12.5 Å². The largest absolute Gasteiger partial charge is 0.125 e. The van der Waals surface area contributed by atoms with Crippen LogP contribution in [0.5, 0.6) is 0 Å². The molecule has 68 valence electrons. The predicted octanol–water partition coefficient (Wildman–Crippen LogP) is 4.03. The van der Waals surface area contributed by atoms with E-state index in [9.17, 15) is 0 Å². The monoisotopic (exact) mass is 180 g/mol. The number of hydrogen-bond acceptors (Lipinski definition) is 0. The number of allylic oxidation sites excluding steroid dienone is 1. The Kier molecular flexibility index (Phi) is 2.22. The summed E-state index contributed by atoms with van der Waals surface area (Å²) in [5, 5.41) is 2.53. The van der Waals surface area contributed by atoms with Gasteiger partial charge in [-0.15, -0.1) is 5.73 Å². The van der Waals surface area contributed by atoms with Crippen molar-refractivity contribution in [2.45, 2.75) is 6.92 Å². The second-order valence-corrected chi connectivity index (χ2v) is 3.33. The summed E-state index contributed by atoms with van der Waals surface area (Å²) >= 11 is 0. The van der Waals surface area contributed by atoms with Crippen molar-refractivity contribution in [1.82, 2.24) is 0 Å². The maximum absolute atomic E-state index is 3.68. The van der Waals surface area contributed by atoms with Crippen LogP contribution in [0.15, 0.2) is 54.8 Å². The summed E-state index contributed by atoms with van der Waals surface area (Å²) < 4.78 is 0. The van der Waals surface area contributed by atoms with E-state index in [1.54, 1.807) is 0 Å². The summed E-state index contributed by atoms with van der Waals surface area (Å²) in [7, 11) is 0. The van der Waals surface area contributed by atoms with Crippen LogP contribution in [0.2, 0.25) is 0 Å². The Morgan fingerprint density at radius 2 is 1.79 bits per heavy atom. The Morgan fingerprint density at radius 3 is 2.57 bits per heavy atom. The minimum Gasteiger partial charge on any atom is -0.125 e. The van der Waals surface area contributed by atoms with Crippen molar-refractivity contribution in [3.63, 3.8) is 0 Å². The average molecular weight is 180 g/mol. The molecule has 14 heavy (non-hydrogen) atoms. The molecule has 0 N–H and O–H groups in total. The highest BCUT2D eigenvalue weighted by Crippen LogP contribution is 2.23. The van der Waals surface area contributed by atoms with Crippen molar-refractivity contribution in [3.8, 4) is 0 Å². The van der Waals surface area contributed by atoms with Gasteiger partial charge in [0.2, 0.25) is 0 Å². The molecule has 2 rings (SSSR count). The van der Waals surface area contributed by atoms with Crippen molar-refractivity contribution in [2.24, 2.45) is 0 Å². The van der Waals surface area contributed by atoms with Gasteiger partial charge in [0.15, 0.2) is 0 Å². The van der Waals surface area contributed by atoms with Crippen molar-refractivity contribution >= 4 is 16.3 Å². The van der Waals surface area contributed by atoms with E-state index in [1.807, 2.05) is 6.92 Å². The van der Waals surface area contributed by atoms with Crippen LogP contribution in [-0.4, -0.2) is 0 Å². The third-order valence-corrected chi connectivity index (χ3v) is 2.46. The lowest BCUT2D eigenvalue weighted by Crippen LogP contribution is -1.81. The van der Waals surface area contributed by atoms with Gasteiger partial charge >= 0.3 is 0 Å². The predicted molar refractivity (Wildman–Crippen MR) is 62.2 cm³/mol. The second kappa shape index (κ2) is 3.53. The van der Waals surface area contributed by atoms with Crippen LogP contribution in [0, 0.1) is 0 Å². The summed E-state index contributed by atoms with van der Waals surface area (Å²) in [5.41, 5.74) is 5.26. The number of fused-ring (bicyclic) bond motifs is 1. The van der Waals surface area contributed by atoms with Gasteiger partial charge in [-0.25, -0.2) is 0 Å². The molecule has 0 saturated carbocycles. The van der Waals surface area contributed by atoms with E-state index in [0.29, 0.717) is 0 Å². The first-order valence-corrected chi connectivity index (χ1v) is 4.67. The van der Waals surface area contributed by atoms with Gasteiger partial charge in [0.25, 0.3) is 0 Å². The summed E-state index contributed by atoms with van der Waals surface area (Å²) in [6, 6.07) is 14.7. The van der Waals surface area contributed by atoms with Crippen molar-refractivity contribution in [3.05, 3.63) is 60.3 Å². The fourth-order valence-corrected chi connectivity index (χ4v) is 1.65. The normalized spacial score (nSPS) is 9.79. The minimum atomic E-state index is 1.10. The van der Waals surface area contributed by atoms with E-state index in [0.717, 1.165) is 5.57 Å². The fraction of sp³-hybridized carbons (Fsp3) is 0.0714. The van der Waals surface area contributed by atoms with E-state index in [2.05, 4.69) is 54.8 Å². The van der Waals surface area contributed by atoms with Crippen molar-refractivity contribution in [2.75, 3.05) is 0 Å². The van der Waals surface area contributed by atoms with Gasteiger partial charge in [-0.05, 0) is 28.8 Å². The first kappa shape index (κ1) is 8.80. The molecule has 0 heteroatoms. The molecule has 0 nitrogen and oxygen atoms in total. The highest BCUT2D eigenvalue weighted by Gasteiger charge is 2.00. The highest BCUT2D eigenvalue weighted by molar-refractivity contribution is 5.93. The third kappa shape index (κ3) is 1.37. The molecule has 0 amide bonds. The lowest BCUT2D eigenvalue weighted by molar-refractivity contribution is 1.63. The van der Waals surface area contributed by atoms with Gasteiger partial charge in [-0.2, -0.15) is 0 Å². The van der Waals surface area contributed by atoms with E-state index in [4.69, 9.17) is 0 Å². The molecule has 0 aliphatic rings. The van der Waals surface area contributed by atoms with Gasteiger partial charge in [0.1, 0.15) is 0 Å². The van der Waals surface area contributed by atoms with Crippen molar-refractivity contribution < 1.29 is 0 Å². The Morgan fingerprint density at radius 1 is 1.07 bits per heavy atom. The molecule has 0 aliphatic heterocycles. The maximum atomic E-state index is 3.68. The summed E-state index contributed by atoms with van der Waals surface area (Å²) in [6.45, 7) is 5.72. The fourth-order valence-electron chi connectivity index (χ4n) is 1.65. The van der Waals surface area contributed by atoms with Crippen LogP contribution >= 0.6 is 0 Å². The first-order chi connectivity index (χ1) is 6.83. The van der Waals surface area contributed by atoms with Crippen LogP contribution in [0.25, 0.3) is 16.3 Å². The zero-order chi connectivity index (χ0) is 9.97. The van der Waals surface area contributed by atoms with Crippen LogP contribution < -0.4 is 0 Å². The number of benzene rings is 2. The molecular formula is C14H12. The Balaban J connectivity index is 2.84. The van der Waals surface area contributed by atoms with Gasteiger partial charge < -0.3 is 0 Å². The second-order valence-electron chi connectivity index (χ2n) is 3.33. The molecule has 0 atom stereocenters. The summed E-state index contributed by atoms with van der Waals surface area (Å²) in [4.78, 5) is 0. The van der Waals surface area contributed by atoms with E-state index in [-0.39, 0.29) is 0 Å². The molecule has 0 bridgehead atoms. The van der Waals surface area contributed by atoms with Crippen LogP contribution in [-0.2, 0) is 0 Å². The molecule has 0 aliphatic carbocycles. The standard InChI is InChI=1S/C14H12/c1-3-11(2)13-10-6-8-12-7-4-5-9-14(12)13/h4-10H,1H2,2H3. The quantitative estimate of drug-likeness (QED) is 0.581. The smallest absolute Gasteiger partial charge is 0.00190 e. The molecule has 0 aromatic heterocycles. The topological polar surface area (TPSA) is 0 Å². The van der Waals surface area contributed by atoms with Gasteiger partial charge in [-0.1, -0.05) is 49.0 Å². The molecule has 0 heterocycles. The zero-order valence-corrected chi connectivity index (χ0v) is 8.25. The molecular weight excluding hydrogens is 168 g/mol. The molecule has 0 radical (unpaired) electrons. The zero-order valence-electron chi connectivity index (χ0n) is 8.25. The lowest BCUT2D eigenvalue weighted by Gasteiger charge is -2.04. The average Bonchev–Trinajstić information content (AvgIpc) is 2.27. The summed E-state index contributed by atoms with van der Waals surface area (Å²) in [5.74, 6) is 0. The molecule has 2 aromatic carbocycles. The molecule has 2 aromatic rings. The van der Waals surface area contributed by atoms with Crippen molar-refractivity contribution in [1.29, 1.82) is 0 Å². The molecule has 0 fully saturated rings. The Labute approximate surface area is 84.2 Å². The Bertz CT molecular complexity index is 509. The van der Waals surface area contributed by atoms with E-state index in [1.165, 1.54) is 16.3 Å². The Hall–Kier alpha value is -1.78. The van der Waals surface area contributed by atoms with Crippen LogP contribution in [0.3, 0.4) is 0 Å². The first-order valence-electron chi connectivity index (χ1n) is 4.67.